The minimum absolute atomic E-state index is 0.127. The van der Waals surface area contributed by atoms with Gasteiger partial charge in [-0.2, -0.15) is 18.3 Å². The predicted molar refractivity (Wildman–Crippen MR) is 85.1 cm³/mol. The maximum absolute atomic E-state index is 12.4. The van der Waals surface area contributed by atoms with Gasteiger partial charge >= 0.3 is 6.18 Å². The number of hydrogen-bond donors (Lipinski definition) is 1. The molecule has 0 saturated carbocycles. The molecule has 0 aromatic carbocycles. The molecule has 136 valence electrons. The van der Waals surface area contributed by atoms with Crippen molar-refractivity contribution in [1.82, 2.24) is 24.8 Å². The molecule has 0 bridgehead atoms. The number of carbonyl (C=O) groups excluding carboxylic acids is 1. The molecule has 1 saturated heterocycles. The monoisotopic (exact) mass is 355 g/mol. The molecule has 6 nitrogen and oxygen atoms in total. The van der Waals surface area contributed by atoms with Gasteiger partial charge in [-0.05, 0) is 44.8 Å². The molecular formula is C16H20F3N5O. The number of amides is 1. The van der Waals surface area contributed by atoms with Gasteiger partial charge in [-0.25, -0.2) is 9.50 Å². The molecule has 0 radical (unpaired) electrons. The Balaban J connectivity index is 1.54. The zero-order valence-electron chi connectivity index (χ0n) is 13.8. The van der Waals surface area contributed by atoms with Crippen LogP contribution in [0.25, 0.3) is 5.65 Å². The van der Waals surface area contributed by atoms with Crippen LogP contribution in [-0.4, -0.2) is 57.3 Å². The number of fused-ring (bicyclic) bond motifs is 1. The number of carbonyl (C=O) groups is 1. The van der Waals surface area contributed by atoms with E-state index in [1.807, 2.05) is 6.92 Å². The lowest BCUT2D eigenvalue weighted by Crippen LogP contribution is -2.46. The van der Waals surface area contributed by atoms with E-state index in [2.05, 4.69) is 15.4 Å². The first kappa shape index (κ1) is 17.7. The summed E-state index contributed by atoms with van der Waals surface area (Å²) in [4.78, 5) is 17.9. The average Bonchev–Trinajstić information content (AvgIpc) is 2.98. The maximum atomic E-state index is 12.4. The van der Waals surface area contributed by atoms with Crippen molar-refractivity contribution in [2.45, 2.75) is 32.0 Å². The van der Waals surface area contributed by atoms with Crippen LogP contribution < -0.4 is 5.32 Å². The number of alkyl halides is 3. The van der Waals surface area contributed by atoms with E-state index in [9.17, 15) is 18.0 Å². The lowest BCUT2D eigenvalue weighted by atomic mass is 9.90. The summed E-state index contributed by atoms with van der Waals surface area (Å²) in [5.74, 6) is -0.140. The topological polar surface area (TPSA) is 62.5 Å². The van der Waals surface area contributed by atoms with Gasteiger partial charge < -0.3 is 5.32 Å². The molecule has 1 unspecified atom stereocenters. The SMILES string of the molecule is CC(NC(=O)c1cc2ncccn2n1)C1CCN(CC(F)(F)F)CC1. The highest BCUT2D eigenvalue weighted by Gasteiger charge is 2.33. The first-order valence-corrected chi connectivity index (χ1v) is 8.22. The molecule has 1 N–H and O–H groups in total. The Morgan fingerprint density at radius 1 is 1.40 bits per heavy atom. The van der Waals surface area contributed by atoms with Crippen molar-refractivity contribution in [3.63, 3.8) is 0 Å². The zero-order chi connectivity index (χ0) is 18.0. The Hall–Kier alpha value is -2.16. The highest BCUT2D eigenvalue weighted by molar-refractivity contribution is 5.93. The van der Waals surface area contributed by atoms with E-state index in [0.29, 0.717) is 31.6 Å². The molecule has 1 aliphatic heterocycles. The van der Waals surface area contributed by atoms with E-state index in [1.54, 1.807) is 24.5 Å². The van der Waals surface area contributed by atoms with Crippen LogP contribution in [-0.2, 0) is 0 Å². The minimum Gasteiger partial charge on any atom is -0.348 e. The zero-order valence-corrected chi connectivity index (χ0v) is 13.8. The number of likely N-dealkylation sites (tertiary alicyclic amines) is 1. The van der Waals surface area contributed by atoms with Gasteiger partial charge in [0.15, 0.2) is 11.3 Å². The summed E-state index contributed by atoms with van der Waals surface area (Å²) in [5.41, 5.74) is 0.862. The third-order valence-electron chi connectivity index (χ3n) is 4.57. The second-order valence-corrected chi connectivity index (χ2v) is 6.44. The number of piperidine rings is 1. The van der Waals surface area contributed by atoms with Crippen LogP contribution in [0.4, 0.5) is 13.2 Å². The van der Waals surface area contributed by atoms with E-state index in [1.165, 1.54) is 9.42 Å². The fraction of sp³-hybridized carbons (Fsp3) is 0.562. The molecule has 2 aromatic rings. The number of hydrogen-bond acceptors (Lipinski definition) is 4. The van der Waals surface area contributed by atoms with Crippen LogP contribution >= 0.6 is 0 Å². The lowest BCUT2D eigenvalue weighted by Gasteiger charge is -2.35. The van der Waals surface area contributed by atoms with Crippen molar-refractivity contribution in [2.75, 3.05) is 19.6 Å². The fourth-order valence-electron chi connectivity index (χ4n) is 3.20. The van der Waals surface area contributed by atoms with Gasteiger partial charge in [0.25, 0.3) is 5.91 Å². The quantitative estimate of drug-likeness (QED) is 0.913. The van der Waals surface area contributed by atoms with Crippen LogP contribution in [0.2, 0.25) is 0 Å². The van der Waals surface area contributed by atoms with Crippen molar-refractivity contribution in [2.24, 2.45) is 5.92 Å². The Bertz CT molecular complexity index is 704. The summed E-state index contributed by atoms with van der Waals surface area (Å²) in [6.45, 7) is 1.80. The Morgan fingerprint density at radius 3 is 2.76 bits per heavy atom. The largest absolute Gasteiger partial charge is 0.401 e. The summed E-state index contributed by atoms with van der Waals surface area (Å²) in [7, 11) is 0. The molecule has 1 atom stereocenters. The number of rotatable bonds is 4. The Morgan fingerprint density at radius 2 is 2.12 bits per heavy atom. The highest BCUT2D eigenvalue weighted by Crippen LogP contribution is 2.24. The standard InChI is InChI=1S/C16H20F3N5O/c1-11(12-3-7-23(8-4-12)10-16(17,18)19)21-15(25)13-9-14-20-5-2-6-24(14)22-13/h2,5-6,9,11-12H,3-4,7-8,10H2,1H3,(H,21,25). The van der Waals surface area contributed by atoms with Gasteiger partial charge in [-0.15, -0.1) is 0 Å². The minimum atomic E-state index is -4.16. The van der Waals surface area contributed by atoms with Crippen molar-refractivity contribution in [1.29, 1.82) is 0 Å². The second kappa shape index (κ2) is 6.99. The van der Waals surface area contributed by atoms with Gasteiger partial charge in [0.2, 0.25) is 0 Å². The molecule has 1 aliphatic rings. The summed E-state index contributed by atoms with van der Waals surface area (Å²) in [6, 6.07) is 3.20. The highest BCUT2D eigenvalue weighted by atomic mass is 19.4. The van der Waals surface area contributed by atoms with Crippen LogP contribution in [0.3, 0.4) is 0 Å². The summed E-state index contributed by atoms with van der Waals surface area (Å²) < 4.78 is 38.8. The first-order valence-electron chi connectivity index (χ1n) is 8.22. The average molecular weight is 355 g/mol. The lowest BCUT2D eigenvalue weighted by molar-refractivity contribution is -0.148. The summed E-state index contributed by atoms with van der Waals surface area (Å²) in [6.07, 6.45) is 0.424. The van der Waals surface area contributed by atoms with Gasteiger partial charge in [0, 0.05) is 24.5 Å². The van der Waals surface area contributed by atoms with Gasteiger partial charge in [-0.3, -0.25) is 9.69 Å². The molecule has 1 fully saturated rings. The number of nitrogens with one attached hydrogen (secondary N) is 1. The molecule has 0 aliphatic carbocycles. The van der Waals surface area contributed by atoms with Gasteiger partial charge in [0.1, 0.15) is 0 Å². The van der Waals surface area contributed by atoms with E-state index in [-0.39, 0.29) is 23.6 Å². The predicted octanol–water partition coefficient (Wildman–Crippen LogP) is 2.12. The maximum Gasteiger partial charge on any atom is 0.401 e. The summed E-state index contributed by atoms with van der Waals surface area (Å²) >= 11 is 0. The molecule has 1 amide bonds. The van der Waals surface area contributed by atoms with Crippen LogP contribution in [0.1, 0.15) is 30.3 Å². The van der Waals surface area contributed by atoms with Gasteiger partial charge in [-0.1, -0.05) is 0 Å². The van der Waals surface area contributed by atoms with Crippen molar-refractivity contribution >= 4 is 11.6 Å². The molecule has 3 heterocycles. The third-order valence-corrected chi connectivity index (χ3v) is 4.57. The Labute approximate surface area is 143 Å². The van der Waals surface area contributed by atoms with E-state index >= 15 is 0 Å². The van der Waals surface area contributed by atoms with E-state index in [0.717, 1.165) is 0 Å². The summed E-state index contributed by atoms with van der Waals surface area (Å²) in [5, 5.41) is 7.08. The normalized spacial score (nSPS) is 18.4. The van der Waals surface area contributed by atoms with Crippen LogP contribution in [0, 0.1) is 5.92 Å². The van der Waals surface area contributed by atoms with Crippen LogP contribution in [0.15, 0.2) is 24.5 Å². The van der Waals surface area contributed by atoms with E-state index < -0.39 is 12.7 Å². The number of nitrogens with zero attached hydrogens (tertiary/aromatic N) is 4. The van der Waals surface area contributed by atoms with Crippen molar-refractivity contribution < 1.29 is 18.0 Å². The fourth-order valence-corrected chi connectivity index (χ4v) is 3.20. The van der Waals surface area contributed by atoms with Gasteiger partial charge in [0.05, 0.1) is 6.54 Å². The van der Waals surface area contributed by atoms with E-state index in [4.69, 9.17) is 0 Å². The smallest absolute Gasteiger partial charge is 0.348 e. The molecular weight excluding hydrogens is 335 g/mol. The molecule has 2 aromatic heterocycles. The first-order chi connectivity index (χ1) is 11.8. The number of aromatic nitrogens is 3. The molecule has 9 heteroatoms. The van der Waals surface area contributed by atoms with Crippen LogP contribution in [0.5, 0.6) is 0 Å². The van der Waals surface area contributed by atoms with Crippen molar-refractivity contribution in [3.8, 4) is 0 Å². The number of halogens is 3. The third kappa shape index (κ3) is 4.47. The molecule has 25 heavy (non-hydrogen) atoms. The van der Waals surface area contributed by atoms with Crippen molar-refractivity contribution in [3.05, 3.63) is 30.2 Å². The molecule has 0 spiro atoms. The Kier molecular flexibility index (Phi) is 4.94. The second-order valence-electron chi connectivity index (χ2n) is 6.44. The molecule has 3 rings (SSSR count).